The maximum Gasteiger partial charge on any atom is 0.310 e. The first kappa shape index (κ1) is 12.7. The Kier molecular flexibility index (Phi) is 4.05. The molecule has 1 aromatic rings. The lowest BCUT2D eigenvalue weighted by Crippen LogP contribution is -2.24. The summed E-state index contributed by atoms with van der Waals surface area (Å²) >= 11 is 0. The fourth-order valence-corrected chi connectivity index (χ4v) is 1.20. The molecular weight excluding hydrogens is 207 g/mol. The average molecular weight is 223 g/mol. The smallest absolute Gasteiger partial charge is 0.310 e. The number of esters is 1. The molecule has 0 unspecified atom stereocenters. The van der Waals surface area contributed by atoms with Crippen molar-refractivity contribution in [3.63, 3.8) is 0 Å². The summed E-state index contributed by atoms with van der Waals surface area (Å²) in [6.07, 6.45) is 1.60. The quantitative estimate of drug-likeness (QED) is 0.736. The molecule has 0 N–H and O–H groups in total. The van der Waals surface area contributed by atoms with E-state index in [4.69, 9.17) is 4.74 Å². The number of ether oxygens (including phenoxy) is 1. The van der Waals surface area contributed by atoms with Gasteiger partial charge in [-0.15, -0.1) is 0 Å². The van der Waals surface area contributed by atoms with Crippen LogP contribution < -0.4 is 0 Å². The number of benzene rings is 1. The van der Waals surface area contributed by atoms with Gasteiger partial charge in [-0.2, -0.15) is 0 Å². The third-order valence-electron chi connectivity index (χ3n) is 1.85. The third kappa shape index (κ3) is 4.43. The minimum absolute atomic E-state index is 0.252. The average Bonchev–Trinajstić information content (AvgIpc) is 2.14. The Morgan fingerprint density at radius 3 is 2.56 bits per heavy atom. The van der Waals surface area contributed by atoms with Crippen LogP contribution in [0, 0.1) is 12.2 Å². The van der Waals surface area contributed by atoms with Crippen LogP contribution >= 0.6 is 0 Å². The normalized spacial score (nSPS) is 11.2. The molecule has 87 valence electrons. The summed E-state index contributed by atoms with van der Waals surface area (Å²) in [6, 6.07) is 6.38. The fraction of sp³-hybridized carbons (Fsp3) is 0.385. The van der Waals surface area contributed by atoms with Crippen LogP contribution in [0.1, 0.15) is 26.3 Å². The first-order chi connectivity index (χ1) is 7.38. The van der Waals surface area contributed by atoms with Crippen molar-refractivity contribution in [1.29, 1.82) is 0 Å². The van der Waals surface area contributed by atoms with Gasteiger partial charge in [0, 0.05) is 0 Å². The zero-order valence-electron chi connectivity index (χ0n) is 9.79. The molecule has 0 saturated carbocycles. The van der Waals surface area contributed by atoms with E-state index >= 15 is 0 Å². The van der Waals surface area contributed by atoms with E-state index in [0.717, 1.165) is 0 Å². The second-order valence-electron chi connectivity index (χ2n) is 4.53. The van der Waals surface area contributed by atoms with Crippen molar-refractivity contribution in [3.05, 3.63) is 42.1 Å². The molecule has 16 heavy (non-hydrogen) atoms. The molecule has 0 aromatic heterocycles. The highest BCUT2D eigenvalue weighted by molar-refractivity contribution is 5.79. The molecule has 0 amide bonds. The van der Waals surface area contributed by atoms with Crippen LogP contribution in [-0.4, -0.2) is 11.6 Å². The van der Waals surface area contributed by atoms with Gasteiger partial charge in [-0.3, -0.25) is 4.79 Å². The highest BCUT2D eigenvalue weighted by Crippen LogP contribution is 2.12. The van der Waals surface area contributed by atoms with Crippen molar-refractivity contribution in [1.82, 2.24) is 0 Å². The number of halogens is 1. The summed E-state index contributed by atoms with van der Waals surface area (Å²) in [5, 5.41) is 0. The van der Waals surface area contributed by atoms with E-state index in [1.54, 1.807) is 39.0 Å². The van der Waals surface area contributed by atoms with Crippen LogP contribution in [0.2, 0.25) is 0 Å². The minimum Gasteiger partial charge on any atom is -0.460 e. The molecule has 2 nitrogen and oxygen atoms in total. The van der Waals surface area contributed by atoms with E-state index in [1.807, 2.05) is 0 Å². The highest BCUT2D eigenvalue weighted by Gasteiger charge is 2.16. The molecule has 0 saturated heterocycles. The van der Waals surface area contributed by atoms with Crippen molar-refractivity contribution in [2.24, 2.45) is 0 Å². The van der Waals surface area contributed by atoms with Gasteiger partial charge in [0.05, 0.1) is 6.42 Å². The zero-order chi connectivity index (χ0) is 12.2. The van der Waals surface area contributed by atoms with E-state index in [0.29, 0.717) is 5.56 Å². The highest BCUT2D eigenvalue weighted by atomic mass is 19.1. The van der Waals surface area contributed by atoms with Gasteiger partial charge >= 0.3 is 5.97 Å². The number of carbonyl (C=O) groups excluding carboxylic acids is 1. The summed E-state index contributed by atoms with van der Waals surface area (Å²) in [5.41, 5.74) is -0.0172. The van der Waals surface area contributed by atoms with E-state index in [9.17, 15) is 9.18 Å². The Hall–Kier alpha value is -1.38. The molecule has 0 aliphatic heterocycles. The monoisotopic (exact) mass is 223 g/mol. The molecule has 3 heteroatoms. The van der Waals surface area contributed by atoms with Crippen LogP contribution in [0.25, 0.3) is 0 Å². The predicted molar refractivity (Wildman–Crippen MR) is 60.2 cm³/mol. The summed E-state index contributed by atoms with van der Waals surface area (Å²) in [6.45, 7) is 5.38. The van der Waals surface area contributed by atoms with Crippen LogP contribution in [0.5, 0.6) is 0 Å². The second-order valence-corrected chi connectivity index (χ2v) is 4.53. The summed E-state index contributed by atoms with van der Waals surface area (Å²) in [7, 11) is 0. The maximum absolute atomic E-state index is 13.2. The summed E-state index contributed by atoms with van der Waals surface area (Å²) in [4.78, 5) is 11.3. The molecule has 1 radical (unpaired) electrons. The molecule has 1 rings (SSSR count). The first-order valence-electron chi connectivity index (χ1n) is 5.18. The van der Waals surface area contributed by atoms with Crippen LogP contribution in [0.4, 0.5) is 4.39 Å². The Morgan fingerprint density at radius 1 is 1.38 bits per heavy atom. The third-order valence-corrected chi connectivity index (χ3v) is 1.85. The molecular formula is C13H16FO2. The molecule has 0 spiro atoms. The molecule has 1 aromatic carbocycles. The van der Waals surface area contributed by atoms with Crippen LogP contribution in [0.3, 0.4) is 0 Å². The molecule has 0 atom stereocenters. The molecule has 0 bridgehead atoms. The Labute approximate surface area is 95.4 Å². The van der Waals surface area contributed by atoms with Crippen molar-refractivity contribution < 1.29 is 13.9 Å². The lowest BCUT2D eigenvalue weighted by atomic mass is 10.1. The zero-order valence-corrected chi connectivity index (χ0v) is 9.79. The van der Waals surface area contributed by atoms with Gasteiger partial charge in [-0.05, 0) is 38.8 Å². The van der Waals surface area contributed by atoms with E-state index in [-0.39, 0.29) is 12.2 Å². The number of carbonyl (C=O) groups is 1. The number of rotatable bonds is 3. The van der Waals surface area contributed by atoms with Gasteiger partial charge < -0.3 is 4.74 Å². The van der Waals surface area contributed by atoms with Crippen molar-refractivity contribution >= 4 is 5.97 Å². The Bertz CT molecular complexity index is 366. The number of hydrogen-bond donors (Lipinski definition) is 0. The second kappa shape index (κ2) is 5.10. The van der Waals surface area contributed by atoms with Crippen LogP contribution in [0.15, 0.2) is 24.3 Å². The van der Waals surface area contributed by atoms with Crippen molar-refractivity contribution in [3.8, 4) is 0 Å². The number of hydrogen-bond acceptors (Lipinski definition) is 2. The van der Waals surface area contributed by atoms with Gasteiger partial charge in [0.25, 0.3) is 0 Å². The Morgan fingerprint density at radius 2 is 2.00 bits per heavy atom. The topological polar surface area (TPSA) is 26.3 Å². The standard InChI is InChI=1S/C13H16FO2/c1-13(2,3)16-12(15)9-8-10-6-4-5-7-11(10)14/h4-7,9H,8H2,1-3H3. The van der Waals surface area contributed by atoms with E-state index < -0.39 is 11.6 Å². The van der Waals surface area contributed by atoms with Crippen molar-refractivity contribution in [2.45, 2.75) is 32.8 Å². The SMILES string of the molecule is CC(C)(C)OC(=O)[CH]Cc1ccccc1F. The fourth-order valence-electron chi connectivity index (χ4n) is 1.20. The lowest BCUT2D eigenvalue weighted by molar-refractivity contribution is -0.150. The van der Waals surface area contributed by atoms with Gasteiger partial charge in [0.2, 0.25) is 0 Å². The van der Waals surface area contributed by atoms with Gasteiger partial charge in [0.1, 0.15) is 11.4 Å². The van der Waals surface area contributed by atoms with Crippen LogP contribution in [-0.2, 0) is 16.0 Å². The van der Waals surface area contributed by atoms with E-state index in [1.165, 1.54) is 12.5 Å². The van der Waals surface area contributed by atoms with Crippen molar-refractivity contribution in [2.75, 3.05) is 0 Å². The predicted octanol–water partition coefficient (Wildman–Crippen LogP) is 2.91. The van der Waals surface area contributed by atoms with Gasteiger partial charge in [0.15, 0.2) is 0 Å². The van der Waals surface area contributed by atoms with Gasteiger partial charge in [-0.25, -0.2) is 4.39 Å². The van der Waals surface area contributed by atoms with Gasteiger partial charge in [-0.1, -0.05) is 18.2 Å². The largest absolute Gasteiger partial charge is 0.460 e. The molecule has 0 heterocycles. The lowest BCUT2D eigenvalue weighted by Gasteiger charge is -2.19. The Balaban J connectivity index is 2.47. The molecule has 0 aliphatic rings. The molecule has 0 fully saturated rings. The summed E-state index contributed by atoms with van der Waals surface area (Å²) < 4.78 is 18.3. The summed E-state index contributed by atoms with van der Waals surface area (Å²) in [5.74, 6) is -0.724. The minimum atomic E-state index is -0.511. The maximum atomic E-state index is 13.2. The molecule has 0 aliphatic carbocycles. The first-order valence-corrected chi connectivity index (χ1v) is 5.18. The van der Waals surface area contributed by atoms with E-state index in [2.05, 4.69) is 0 Å².